The van der Waals surface area contributed by atoms with E-state index in [9.17, 15) is 17.6 Å². The quantitative estimate of drug-likeness (QED) is 0.364. The van der Waals surface area contributed by atoms with Crippen LogP contribution < -0.4 is 10.0 Å². The third-order valence-electron chi connectivity index (χ3n) is 4.96. The Hall–Kier alpha value is -3.36. The predicted molar refractivity (Wildman–Crippen MR) is 123 cm³/mol. The van der Waals surface area contributed by atoms with Crippen molar-refractivity contribution in [1.29, 1.82) is 0 Å². The van der Waals surface area contributed by atoms with Gasteiger partial charge in [0.2, 0.25) is 0 Å². The van der Waals surface area contributed by atoms with E-state index in [-0.39, 0.29) is 21.5 Å². The van der Waals surface area contributed by atoms with Crippen LogP contribution in [0.3, 0.4) is 0 Å². The zero-order chi connectivity index (χ0) is 22.7. The first-order valence-corrected chi connectivity index (χ1v) is 11.6. The van der Waals surface area contributed by atoms with E-state index in [0.29, 0.717) is 18.5 Å². The summed E-state index contributed by atoms with van der Waals surface area (Å²) in [6.07, 6.45) is 2.61. The zero-order valence-electron chi connectivity index (χ0n) is 16.7. The van der Waals surface area contributed by atoms with Crippen LogP contribution in [0, 0.1) is 5.82 Å². The molecule has 0 unspecified atom stereocenters. The van der Waals surface area contributed by atoms with Gasteiger partial charge in [-0.2, -0.15) is 0 Å². The van der Waals surface area contributed by atoms with Crippen LogP contribution >= 0.6 is 11.6 Å². The fourth-order valence-corrected chi connectivity index (χ4v) is 4.63. The smallest absolute Gasteiger partial charge is 0.261 e. The molecule has 0 aliphatic rings. The van der Waals surface area contributed by atoms with Gasteiger partial charge >= 0.3 is 0 Å². The zero-order valence-corrected chi connectivity index (χ0v) is 18.3. The fraction of sp³-hybridized carbons (Fsp3) is 0.0870. The molecule has 0 atom stereocenters. The number of benzene rings is 3. The molecule has 0 spiro atoms. The molecule has 0 saturated heterocycles. The molecule has 1 aromatic heterocycles. The minimum Gasteiger partial charge on any atom is -0.361 e. The van der Waals surface area contributed by atoms with Crippen molar-refractivity contribution in [2.45, 2.75) is 11.3 Å². The average Bonchev–Trinajstić information content (AvgIpc) is 3.19. The average molecular weight is 472 g/mol. The lowest BCUT2D eigenvalue weighted by Gasteiger charge is -2.10. The summed E-state index contributed by atoms with van der Waals surface area (Å²) >= 11 is 5.67. The number of carbonyl (C=O) groups excluding carboxylic acids is 1. The Morgan fingerprint density at radius 1 is 1.03 bits per heavy atom. The van der Waals surface area contributed by atoms with Gasteiger partial charge in [-0.25, -0.2) is 12.8 Å². The Labute approximate surface area is 189 Å². The molecule has 0 radical (unpaired) electrons. The van der Waals surface area contributed by atoms with Gasteiger partial charge in [0.25, 0.3) is 15.9 Å². The summed E-state index contributed by atoms with van der Waals surface area (Å²) < 4.78 is 40.6. The summed E-state index contributed by atoms with van der Waals surface area (Å²) in [5, 5.41) is 3.71. The lowest BCUT2D eigenvalue weighted by molar-refractivity contribution is 0.0954. The van der Waals surface area contributed by atoms with Gasteiger partial charge < -0.3 is 10.3 Å². The Morgan fingerprint density at radius 3 is 2.53 bits per heavy atom. The van der Waals surface area contributed by atoms with E-state index >= 15 is 0 Å². The highest BCUT2D eigenvalue weighted by atomic mass is 35.5. The summed E-state index contributed by atoms with van der Waals surface area (Å²) in [6, 6.07) is 17.1. The molecular formula is C23H19ClFN3O3S. The maximum atomic E-state index is 13.3. The second kappa shape index (κ2) is 9.02. The molecule has 0 bridgehead atoms. The molecule has 32 heavy (non-hydrogen) atoms. The van der Waals surface area contributed by atoms with E-state index in [2.05, 4.69) is 15.0 Å². The van der Waals surface area contributed by atoms with E-state index in [0.717, 1.165) is 34.7 Å². The molecule has 9 heteroatoms. The highest BCUT2D eigenvalue weighted by Gasteiger charge is 2.16. The van der Waals surface area contributed by atoms with Gasteiger partial charge in [-0.3, -0.25) is 9.52 Å². The first-order valence-electron chi connectivity index (χ1n) is 9.74. The van der Waals surface area contributed by atoms with Crippen LogP contribution in [0.5, 0.6) is 0 Å². The van der Waals surface area contributed by atoms with Crippen molar-refractivity contribution < 1.29 is 17.6 Å². The summed E-state index contributed by atoms with van der Waals surface area (Å²) in [4.78, 5) is 15.5. The van der Waals surface area contributed by atoms with Crippen molar-refractivity contribution in [3.05, 3.63) is 94.9 Å². The molecule has 6 nitrogen and oxygen atoms in total. The number of anilines is 1. The number of aromatic amines is 1. The van der Waals surface area contributed by atoms with Crippen LogP contribution in [0.2, 0.25) is 5.02 Å². The first-order chi connectivity index (χ1) is 15.3. The number of sulfonamides is 1. The Balaban J connectivity index is 1.36. The molecule has 0 aliphatic carbocycles. The molecule has 0 saturated carbocycles. The first kappa shape index (κ1) is 21.9. The van der Waals surface area contributed by atoms with Crippen molar-refractivity contribution in [2.75, 3.05) is 11.3 Å². The lowest BCUT2D eigenvalue weighted by atomic mass is 10.1. The standard InChI is InChI=1S/C23H19ClFN3O3S/c24-20-13-18(9-10-21(20)25)32(30,31)28-17-7-5-15(6-8-17)23(29)26-12-11-16-14-27-22-4-2-1-3-19(16)22/h1-10,13-14,27-28H,11-12H2,(H,26,29). The van der Waals surface area contributed by atoms with Gasteiger partial charge in [-0.15, -0.1) is 0 Å². The van der Waals surface area contributed by atoms with Crippen molar-refractivity contribution >= 4 is 44.1 Å². The van der Waals surface area contributed by atoms with E-state index < -0.39 is 15.8 Å². The number of H-pyrrole nitrogens is 1. The predicted octanol–water partition coefficient (Wildman–Crippen LogP) is 4.73. The Kier molecular flexibility index (Phi) is 6.16. The normalized spacial score (nSPS) is 11.4. The fourth-order valence-electron chi connectivity index (χ4n) is 3.30. The van der Waals surface area contributed by atoms with Crippen LogP contribution in [-0.4, -0.2) is 25.9 Å². The minimum absolute atomic E-state index is 0.164. The van der Waals surface area contributed by atoms with Crippen LogP contribution in [0.1, 0.15) is 15.9 Å². The maximum Gasteiger partial charge on any atom is 0.261 e. The number of hydrogen-bond acceptors (Lipinski definition) is 3. The SMILES string of the molecule is O=C(NCCc1c[nH]c2ccccc12)c1ccc(NS(=O)(=O)c2ccc(F)c(Cl)c2)cc1. The third-order valence-corrected chi connectivity index (χ3v) is 6.62. The molecule has 3 N–H and O–H groups in total. The van der Waals surface area contributed by atoms with Crippen molar-refractivity contribution in [2.24, 2.45) is 0 Å². The number of hydrogen-bond donors (Lipinski definition) is 3. The van der Waals surface area contributed by atoms with Gasteiger partial charge in [0.1, 0.15) is 5.82 Å². The van der Waals surface area contributed by atoms with Crippen LogP contribution in [0.4, 0.5) is 10.1 Å². The number of fused-ring (bicyclic) bond motifs is 1. The number of nitrogens with one attached hydrogen (secondary N) is 3. The van der Waals surface area contributed by atoms with Crippen LogP contribution in [-0.2, 0) is 16.4 Å². The summed E-state index contributed by atoms with van der Waals surface area (Å²) in [5.74, 6) is -0.963. The van der Waals surface area contributed by atoms with Gasteiger partial charge in [-0.05, 0) is 60.5 Å². The molecule has 3 aromatic carbocycles. The molecule has 4 aromatic rings. The molecule has 1 heterocycles. The molecule has 0 aliphatic heterocycles. The van der Waals surface area contributed by atoms with Crippen molar-refractivity contribution in [1.82, 2.24) is 10.3 Å². The second-order valence-corrected chi connectivity index (χ2v) is 9.21. The Morgan fingerprint density at radius 2 is 1.78 bits per heavy atom. The topological polar surface area (TPSA) is 91.1 Å². The van der Waals surface area contributed by atoms with Gasteiger partial charge in [0.15, 0.2) is 0 Å². The molecule has 1 amide bonds. The minimum atomic E-state index is -3.95. The molecular weight excluding hydrogens is 453 g/mol. The number of aromatic nitrogens is 1. The van der Waals surface area contributed by atoms with Gasteiger partial charge in [-0.1, -0.05) is 29.8 Å². The molecule has 164 valence electrons. The van der Waals surface area contributed by atoms with E-state index in [1.165, 1.54) is 24.3 Å². The number of rotatable bonds is 7. The lowest BCUT2D eigenvalue weighted by Crippen LogP contribution is -2.25. The third kappa shape index (κ3) is 4.76. The number of carbonyl (C=O) groups is 1. The molecule has 0 fully saturated rings. The monoisotopic (exact) mass is 471 g/mol. The summed E-state index contributed by atoms with van der Waals surface area (Å²) in [6.45, 7) is 0.459. The molecule has 4 rings (SSSR count). The number of halogens is 2. The highest BCUT2D eigenvalue weighted by Crippen LogP contribution is 2.22. The van der Waals surface area contributed by atoms with Crippen molar-refractivity contribution in [3.8, 4) is 0 Å². The van der Waals surface area contributed by atoms with Gasteiger partial charge in [0, 0.05) is 34.9 Å². The Bertz CT molecular complexity index is 1390. The second-order valence-electron chi connectivity index (χ2n) is 7.12. The number of amides is 1. The van der Waals surface area contributed by atoms with Crippen LogP contribution in [0.25, 0.3) is 10.9 Å². The van der Waals surface area contributed by atoms with E-state index in [4.69, 9.17) is 11.6 Å². The summed E-state index contributed by atoms with van der Waals surface area (Å²) in [5.41, 5.74) is 2.83. The van der Waals surface area contributed by atoms with E-state index in [1.54, 1.807) is 0 Å². The highest BCUT2D eigenvalue weighted by molar-refractivity contribution is 7.92. The van der Waals surface area contributed by atoms with Crippen LogP contribution in [0.15, 0.2) is 77.8 Å². The van der Waals surface area contributed by atoms with Crippen molar-refractivity contribution in [3.63, 3.8) is 0 Å². The maximum absolute atomic E-state index is 13.3. The van der Waals surface area contributed by atoms with E-state index in [1.807, 2.05) is 30.5 Å². The number of para-hydroxylation sites is 1. The largest absolute Gasteiger partial charge is 0.361 e. The summed E-state index contributed by atoms with van der Waals surface area (Å²) in [7, 11) is -3.95. The van der Waals surface area contributed by atoms with Gasteiger partial charge in [0.05, 0.1) is 9.92 Å².